The maximum absolute atomic E-state index is 11.4. The quantitative estimate of drug-likeness (QED) is 0.491. The summed E-state index contributed by atoms with van der Waals surface area (Å²) in [6.07, 6.45) is 0.988. The number of likely N-dealkylation sites (tertiary alicyclic amines) is 1. The van der Waals surface area contributed by atoms with Gasteiger partial charge in [-0.3, -0.25) is 14.4 Å². The summed E-state index contributed by atoms with van der Waals surface area (Å²) in [5.74, 6) is -1.17. The van der Waals surface area contributed by atoms with Crippen molar-refractivity contribution in [2.45, 2.75) is 12.8 Å². The third kappa shape index (κ3) is 3.58. The Bertz CT molecular complexity index is 607. The monoisotopic (exact) mass is 351 g/mol. The van der Waals surface area contributed by atoms with Gasteiger partial charge in [-0.2, -0.15) is 0 Å². The lowest BCUT2D eigenvalue weighted by atomic mass is 9.97. The van der Waals surface area contributed by atoms with E-state index in [0.29, 0.717) is 26.2 Å². The standard InChI is InChI=1S/C16H19NO5.CH2O2/c18-13(19)15-9-16(15,14(20)21)11-17(10-15)7-4-8-22-12-5-2-1-3-6-12;2-1-3/h1-3,5-6H,4,7-11H2,(H,18,19)(H,20,21);1H,(H,2,3)/t15-,16+;. The van der Waals surface area contributed by atoms with Gasteiger partial charge in [0.2, 0.25) is 0 Å². The zero-order valence-corrected chi connectivity index (χ0v) is 13.6. The Hall–Kier alpha value is -2.61. The molecule has 1 heterocycles. The van der Waals surface area contributed by atoms with E-state index < -0.39 is 22.8 Å². The summed E-state index contributed by atoms with van der Waals surface area (Å²) in [5, 5.41) is 25.6. The van der Waals surface area contributed by atoms with E-state index in [1.54, 1.807) is 0 Å². The lowest BCUT2D eigenvalue weighted by Gasteiger charge is -2.19. The lowest BCUT2D eigenvalue weighted by molar-refractivity contribution is -0.151. The number of nitrogens with zero attached hydrogens (tertiary/aromatic N) is 1. The van der Waals surface area contributed by atoms with Crippen molar-refractivity contribution in [3.8, 4) is 5.75 Å². The number of fused-ring (bicyclic) bond motifs is 1. The molecular formula is C17H21NO7. The minimum absolute atomic E-state index is 0.250. The summed E-state index contributed by atoms with van der Waals surface area (Å²) in [6.45, 7) is 1.57. The number of aliphatic carboxylic acids is 2. The number of carboxylic acids is 2. The molecule has 0 amide bonds. The topological polar surface area (TPSA) is 124 Å². The van der Waals surface area contributed by atoms with Crippen LogP contribution in [0.4, 0.5) is 0 Å². The average molecular weight is 351 g/mol. The molecule has 1 saturated heterocycles. The molecule has 1 aromatic carbocycles. The van der Waals surface area contributed by atoms with Crippen molar-refractivity contribution in [2.24, 2.45) is 10.8 Å². The first-order valence-corrected chi connectivity index (χ1v) is 7.87. The maximum Gasteiger partial charge on any atom is 0.312 e. The lowest BCUT2D eigenvalue weighted by Crippen LogP contribution is -2.30. The van der Waals surface area contributed by atoms with Crippen LogP contribution in [0, 0.1) is 10.8 Å². The van der Waals surface area contributed by atoms with Gasteiger partial charge in [0.15, 0.2) is 0 Å². The van der Waals surface area contributed by atoms with Crippen LogP contribution in [0.15, 0.2) is 30.3 Å². The van der Waals surface area contributed by atoms with E-state index >= 15 is 0 Å². The Morgan fingerprint density at radius 2 is 1.64 bits per heavy atom. The van der Waals surface area contributed by atoms with E-state index in [1.807, 2.05) is 35.2 Å². The minimum Gasteiger partial charge on any atom is -0.494 e. The largest absolute Gasteiger partial charge is 0.494 e. The number of carbonyl (C=O) groups is 3. The fourth-order valence-corrected chi connectivity index (χ4v) is 3.55. The van der Waals surface area contributed by atoms with Gasteiger partial charge in [-0.25, -0.2) is 0 Å². The second kappa shape index (κ2) is 7.52. The predicted molar refractivity (Wildman–Crippen MR) is 86.4 cm³/mol. The van der Waals surface area contributed by atoms with Crippen LogP contribution in [-0.4, -0.2) is 64.9 Å². The molecule has 1 aliphatic heterocycles. The highest BCUT2D eigenvalue weighted by Gasteiger charge is 2.80. The van der Waals surface area contributed by atoms with Gasteiger partial charge in [0, 0.05) is 19.6 Å². The Morgan fingerprint density at radius 1 is 1.12 bits per heavy atom. The number of para-hydroxylation sites is 1. The molecular weight excluding hydrogens is 330 g/mol. The number of ether oxygens (including phenoxy) is 1. The molecule has 1 aromatic rings. The maximum atomic E-state index is 11.4. The number of benzene rings is 1. The van der Waals surface area contributed by atoms with Crippen molar-refractivity contribution in [1.29, 1.82) is 0 Å². The Kier molecular flexibility index (Phi) is 5.63. The number of piperidine rings is 1. The molecule has 1 saturated carbocycles. The third-order valence-corrected chi connectivity index (χ3v) is 4.83. The van der Waals surface area contributed by atoms with Crippen LogP contribution in [0.3, 0.4) is 0 Å². The summed E-state index contributed by atoms with van der Waals surface area (Å²) >= 11 is 0. The van der Waals surface area contributed by atoms with Gasteiger partial charge in [0.25, 0.3) is 6.47 Å². The second-order valence-electron chi connectivity index (χ2n) is 6.28. The molecule has 8 heteroatoms. The van der Waals surface area contributed by atoms with Crippen LogP contribution >= 0.6 is 0 Å². The molecule has 2 aliphatic rings. The summed E-state index contributed by atoms with van der Waals surface area (Å²) < 4.78 is 5.59. The van der Waals surface area contributed by atoms with Crippen LogP contribution in [0.2, 0.25) is 0 Å². The van der Waals surface area contributed by atoms with E-state index in [9.17, 15) is 19.8 Å². The number of rotatable bonds is 7. The van der Waals surface area contributed by atoms with Crippen molar-refractivity contribution in [2.75, 3.05) is 26.2 Å². The highest BCUT2D eigenvalue weighted by molar-refractivity contribution is 5.94. The van der Waals surface area contributed by atoms with E-state index in [-0.39, 0.29) is 12.9 Å². The second-order valence-corrected chi connectivity index (χ2v) is 6.28. The van der Waals surface area contributed by atoms with E-state index in [2.05, 4.69) is 0 Å². The van der Waals surface area contributed by atoms with Gasteiger partial charge < -0.3 is 25.0 Å². The fourth-order valence-electron chi connectivity index (χ4n) is 3.55. The molecule has 1 aliphatic carbocycles. The Balaban J connectivity index is 0.000000701. The Morgan fingerprint density at radius 3 is 2.12 bits per heavy atom. The number of hydrogen-bond acceptors (Lipinski definition) is 5. The van der Waals surface area contributed by atoms with Gasteiger partial charge in [-0.05, 0) is 25.0 Å². The zero-order chi connectivity index (χ0) is 18.5. The van der Waals surface area contributed by atoms with Crippen molar-refractivity contribution >= 4 is 18.4 Å². The zero-order valence-electron chi connectivity index (χ0n) is 13.6. The molecule has 3 N–H and O–H groups in total. The predicted octanol–water partition coefficient (Wildman–Crippen LogP) is 1.02. The van der Waals surface area contributed by atoms with E-state index in [1.165, 1.54) is 0 Å². The first kappa shape index (κ1) is 18.7. The highest BCUT2D eigenvalue weighted by Crippen LogP contribution is 2.68. The third-order valence-electron chi connectivity index (χ3n) is 4.83. The van der Waals surface area contributed by atoms with Crippen LogP contribution in [-0.2, 0) is 14.4 Å². The van der Waals surface area contributed by atoms with Crippen molar-refractivity contribution in [3.05, 3.63) is 30.3 Å². The van der Waals surface area contributed by atoms with Crippen LogP contribution in [0.25, 0.3) is 0 Å². The van der Waals surface area contributed by atoms with Crippen molar-refractivity contribution in [3.63, 3.8) is 0 Å². The smallest absolute Gasteiger partial charge is 0.312 e. The summed E-state index contributed by atoms with van der Waals surface area (Å²) in [7, 11) is 0. The van der Waals surface area contributed by atoms with Crippen LogP contribution in [0.5, 0.6) is 5.75 Å². The molecule has 0 radical (unpaired) electrons. The van der Waals surface area contributed by atoms with Gasteiger partial charge in [-0.15, -0.1) is 0 Å². The van der Waals surface area contributed by atoms with Gasteiger partial charge in [0.05, 0.1) is 17.4 Å². The Labute approximate surface area is 144 Å². The first-order valence-electron chi connectivity index (χ1n) is 7.87. The molecule has 2 atom stereocenters. The SMILES string of the molecule is O=C(O)[C@@]12CN(CCCOc3ccccc3)C[C@]1(C(=O)O)C2.O=CO. The summed E-state index contributed by atoms with van der Waals surface area (Å²) in [6, 6.07) is 9.47. The molecule has 0 unspecified atom stereocenters. The molecule has 136 valence electrons. The molecule has 3 rings (SSSR count). The van der Waals surface area contributed by atoms with Crippen molar-refractivity contribution in [1.82, 2.24) is 4.90 Å². The molecule has 0 spiro atoms. The summed E-state index contributed by atoms with van der Waals surface area (Å²) in [4.78, 5) is 33.1. The average Bonchev–Trinajstić information content (AvgIpc) is 3.12. The molecule has 0 bridgehead atoms. The molecule has 0 aromatic heterocycles. The van der Waals surface area contributed by atoms with Gasteiger partial charge in [0.1, 0.15) is 5.75 Å². The molecule has 25 heavy (non-hydrogen) atoms. The normalized spacial score (nSPS) is 26.7. The van der Waals surface area contributed by atoms with Gasteiger partial charge >= 0.3 is 11.9 Å². The van der Waals surface area contributed by atoms with Crippen LogP contribution < -0.4 is 4.74 Å². The number of hydrogen-bond donors (Lipinski definition) is 3. The minimum atomic E-state index is -1.08. The van der Waals surface area contributed by atoms with Gasteiger partial charge in [-0.1, -0.05) is 18.2 Å². The molecule has 2 fully saturated rings. The van der Waals surface area contributed by atoms with E-state index in [4.69, 9.17) is 14.6 Å². The van der Waals surface area contributed by atoms with Crippen LogP contribution in [0.1, 0.15) is 12.8 Å². The van der Waals surface area contributed by atoms with Crippen molar-refractivity contribution < 1.29 is 34.4 Å². The van der Waals surface area contributed by atoms with E-state index in [0.717, 1.165) is 12.2 Å². The highest BCUT2D eigenvalue weighted by atomic mass is 16.5. The summed E-state index contributed by atoms with van der Waals surface area (Å²) in [5.41, 5.74) is -2.17. The number of carboxylic acid groups (broad SMARTS) is 3. The first-order chi connectivity index (χ1) is 11.9. The molecule has 8 nitrogen and oxygen atoms in total. The fraction of sp³-hybridized carbons (Fsp3) is 0.471.